The van der Waals surface area contributed by atoms with Gasteiger partial charge in [-0.3, -0.25) is 14.7 Å². The van der Waals surface area contributed by atoms with Crippen LogP contribution in [-0.4, -0.2) is 32.2 Å². The van der Waals surface area contributed by atoms with Gasteiger partial charge in [0.25, 0.3) is 11.5 Å². The van der Waals surface area contributed by atoms with Crippen LogP contribution in [0.2, 0.25) is 0 Å². The number of aromatic amines is 1. The Morgan fingerprint density at radius 1 is 1.19 bits per heavy atom. The average molecular weight is 430 g/mol. The van der Waals surface area contributed by atoms with Crippen LogP contribution in [0.1, 0.15) is 27.3 Å². The lowest BCUT2D eigenvalue weighted by Gasteiger charge is -2.06. The zero-order valence-electron chi connectivity index (χ0n) is 16.4. The number of carbonyl (C=O) groups excluding carboxylic acids is 1. The molecule has 0 fully saturated rings. The molecule has 0 aliphatic carbocycles. The van der Waals surface area contributed by atoms with Crippen molar-refractivity contribution in [1.29, 1.82) is 5.26 Å². The number of hydrogen-bond donors (Lipinski definition) is 2. The van der Waals surface area contributed by atoms with E-state index >= 15 is 0 Å². The van der Waals surface area contributed by atoms with Crippen LogP contribution in [0.3, 0.4) is 0 Å². The van der Waals surface area contributed by atoms with Gasteiger partial charge in [-0.1, -0.05) is 12.1 Å². The van der Waals surface area contributed by atoms with Crippen molar-refractivity contribution in [1.82, 2.24) is 25.1 Å². The van der Waals surface area contributed by atoms with Crippen LogP contribution >= 0.6 is 11.3 Å². The van der Waals surface area contributed by atoms with E-state index in [2.05, 4.69) is 26.5 Å². The van der Waals surface area contributed by atoms with Gasteiger partial charge in [0.2, 0.25) is 0 Å². The number of amides is 1. The summed E-state index contributed by atoms with van der Waals surface area (Å²) < 4.78 is 1.51. The van der Waals surface area contributed by atoms with E-state index in [4.69, 9.17) is 5.26 Å². The molecule has 0 aliphatic rings. The molecule has 154 valence electrons. The van der Waals surface area contributed by atoms with Crippen LogP contribution in [0, 0.1) is 11.3 Å². The molecule has 3 heterocycles. The number of thiazole rings is 1. The third-order valence-electron chi connectivity index (χ3n) is 4.64. The van der Waals surface area contributed by atoms with E-state index in [-0.39, 0.29) is 11.5 Å². The molecular weight excluding hydrogens is 412 g/mol. The summed E-state index contributed by atoms with van der Waals surface area (Å²) >= 11 is 1.61. The third kappa shape index (κ3) is 4.76. The molecule has 3 aromatic heterocycles. The zero-order valence-corrected chi connectivity index (χ0v) is 17.2. The minimum absolute atomic E-state index is 0.197. The topological polar surface area (TPSA) is 116 Å². The standard InChI is InChI=1S/C22H18N6O2S/c23-12-15-3-5-16(6-4-15)18-14-28(27-22(18)30)19-8-7-17(13-26-19)21(29)25-9-1-2-20-24-10-11-31-20/h3-8,10-11,13-14H,1-2,9H2,(H,25,29)(H,27,30). The van der Waals surface area contributed by atoms with Crippen LogP contribution in [0.15, 0.2) is 65.2 Å². The Labute approximate surface area is 181 Å². The van der Waals surface area contributed by atoms with Gasteiger partial charge in [0.05, 0.1) is 27.8 Å². The van der Waals surface area contributed by atoms with Crippen molar-refractivity contribution < 1.29 is 4.79 Å². The molecule has 4 rings (SSSR count). The van der Waals surface area contributed by atoms with Gasteiger partial charge in [0.15, 0.2) is 5.82 Å². The summed E-state index contributed by atoms with van der Waals surface area (Å²) in [6, 6.07) is 12.2. The molecule has 0 saturated heterocycles. The number of aryl methyl sites for hydroxylation is 1. The van der Waals surface area contributed by atoms with Gasteiger partial charge in [-0.15, -0.1) is 11.3 Å². The predicted molar refractivity (Wildman–Crippen MR) is 117 cm³/mol. The number of nitriles is 1. The molecular formula is C22H18N6O2S. The highest BCUT2D eigenvalue weighted by Gasteiger charge is 2.11. The maximum atomic E-state index is 12.3. The molecule has 31 heavy (non-hydrogen) atoms. The summed E-state index contributed by atoms with van der Waals surface area (Å²) in [6.07, 6.45) is 6.54. The lowest BCUT2D eigenvalue weighted by atomic mass is 10.1. The lowest BCUT2D eigenvalue weighted by molar-refractivity contribution is 0.0953. The van der Waals surface area contributed by atoms with E-state index in [1.807, 2.05) is 5.38 Å². The molecule has 0 bridgehead atoms. The van der Waals surface area contributed by atoms with Crippen LogP contribution in [0.5, 0.6) is 0 Å². The van der Waals surface area contributed by atoms with Gasteiger partial charge >= 0.3 is 0 Å². The largest absolute Gasteiger partial charge is 0.352 e. The van der Waals surface area contributed by atoms with Crippen molar-refractivity contribution in [3.05, 3.63) is 86.9 Å². The van der Waals surface area contributed by atoms with E-state index in [0.29, 0.717) is 34.6 Å². The van der Waals surface area contributed by atoms with Crippen molar-refractivity contribution in [3.63, 3.8) is 0 Å². The van der Waals surface area contributed by atoms with Crippen molar-refractivity contribution >= 4 is 17.2 Å². The smallest absolute Gasteiger partial charge is 0.272 e. The highest BCUT2D eigenvalue weighted by molar-refractivity contribution is 7.09. The summed E-state index contributed by atoms with van der Waals surface area (Å²) in [5.41, 5.74) is 1.87. The van der Waals surface area contributed by atoms with Gasteiger partial charge in [-0.05, 0) is 36.2 Å². The summed E-state index contributed by atoms with van der Waals surface area (Å²) in [5.74, 6) is 0.287. The van der Waals surface area contributed by atoms with E-state index in [1.165, 1.54) is 10.9 Å². The van der Waals surface area contributed by atoms with Crippen LogP contribution in [0.4, 0.5) is 0 Å². The molecule has 1 amide bonds. The molecule has 1 aromatic carbocycles. The van der Waals surface area contributed by atoms with E-state index in [9.17, 15) is 9.59 Å². The second kappa shape index (κ2) is 9.19. The number of hydrogen-bond acceptors (Lipinski definition) is 6. The Balaban J connectivity index is 1.40. The normalized spacial score (nSPS) is 10.5. The molecule has 8 nitrogen and oxygen atoms in total. The van der Waals surface area contributed by atoms with Crippen LogP contribution in [0.25, 0.3) is 16.9 Å². The number of pyridine rings is 1. The maximum absolute atomic E-state index is 12.3. The SMILES string of the molecule is N#Cc1ccc(-c2cn(-c3ccc(C(=O)NCCCc4nccs4)cn3)[nH]c2=O)cc1. The van der Waals surface area contributed by atoms with Gasteiger partial charge in [0.1, 0.15) is 0 Å². The number of carbonyl (C=O) groups is 1. The minimum Gasteiger partial charge on any atom is -0.352 e. The van der Waals surface area contributed by atoms with Crippen molar-refractivity contribution in [2.24, 2.45) is 0 Å². The predicted octanol–water partition coefficient (Wildman–Crippen LogP) is 2.92. The molecule has 0 aliphatic heterocycles. The first kappa shape index (κ1) is 20.3. The Morgan fingerprint density at radius 2 is 2.03 bits per heavy atom. The average Bonchev–Trinajstić information content (AvgIpc) is 3.46. The first-order chi connectivity index (χ1) is 15.1. The Morgan fingerprint density at radius 3 is 2.71 bits per heavy atom. The number of aromatic nitrogens is 4. The van der Waals surface area contributed by atoms with Crippen molar-refractivity contribution in [3.8, 4) is 23.0 Å². The van der Waals surface area contributed by atoms with E-state index in [1.54, 1.807) is 60.1 Å². The van der Waals surface area contributed by atoms with Crippen LogP contribution < -0.4 is 10.9 Å². The minimum atomic E-state index is -0.270. The highest BCUT2D eigenvalue weighted by atomic mass is 32.1. The number of H-pyrrole nitrogens is 1. The lowest BCUT2D eigenvalue weighted by Crippen LogP contribution is -2.25. The summed E-state index contributed by atoms with van der Waals surface area (Å²) in [5, 5.41) is 17.5. The van der Waals surface area contributed by atoms with Gasteiger partial charge in [-0.2, -0.15) is 5.26 Å². The van der Waals surface area contributed by atoms with Crippen molar-refractivity contribution in [2.45, 2.75) is 12.8 Å². The van der Waals surface area contributed by atoms with Crippen LogP contribution in [-0.2, 0) is 6.42 Å². The van der Waals surface area contributed by atoms with E-state index in [0.717, 1.165) is 17.8 Å². The monoisotopic (exact) mass is 430 g/mol. The second-order valence-electron chi connectivity index (χ2n) is 6.73. The first-order valence-corrected chi connectivity index (χ1v) is 10.5. The second-order valence-corrected chi connectivity index (χ2v) is 7.71. The number of benzene rings is 1. The number of nitrogens with one attached hydrogen (secondary N) is 2. The molecule has 2 N–H and O–H groups in total. The third-order valence-corrected chi connectivity index (χ3v) is 5.48. The fourth-order valence-electron chi connectivity index (χ4n) is 3.03. The first-order valence-electron chi connectivity index (χ1n) is 9.59. The number of rotatable bonds is 7. The molecule has 4 aromatic rings. The van der Waals surface area contributed by atoms with Gasteiger partial charge in [0, 0.05) is 36.9 Å². The summed E-state index contributed by atoms with van der Waals surface area (Å²) in [4.78, 5) is 33.2. The number of nitrogens with zero attached hydrogens (tertiary/aromatic N) is 4. The Bertz CT molecular complexity index is 1270. The molecule has 0 spiro atoms. The fourth-order valence-corrected chi connectivity index (χ4v) is 3.69. The molecule has 9 heteroatoms. The van der Waals surface area contributed by atoms with Crippen molar-refractivity contribution in [2.75, 3.05) is 6.54 Å². The van der Waals surface area contributed by atoms with Gasteiger partial charge < -0.3 is 5.32 Å². The zero-order chi connectivity index (χ0) is 21.6. The van der Waals surface area contributed by atoms with Gasteiger partial charge in [-0.25, -0.2) is 14.6 Å². The fraction of sp³-hybridized carbons (Fsp3) is 0.136. The maximum Gasteiger partial charge on any atom is 0.272 e. The molecule has 0 atom stereocenters. The summed E-state index contributed by atoms with van der Waals surface area (Å²) in [7, 11) is 0. The Kier molecular flexibility index (Phi) is 6.01. The molecule has 0 saturated carbocycles. The molecule has 0 unspecified atom stereocenters. The summed E-state index contributed by atoms with van der Waals surface area (Å²) in [6.45, 7) is 0.555. The van der Waals surface area contributed by atoms with E-state index < -0.39 is 0 Å². The molecule has 0 radical (unpaired) electrons. The quantitative estimate of drug-likeness (QED) is 0.437. The Hall–Kier alpha value is -4.03. The highest BCUT2D eigenvalue weighted by Crippen LogP contribution is 2.17.